The highest BCUT2D eigenvalue weighted by atomic mass is 16.3. The summed E-state index contributed by atoms with van der Waals surface area (Å²) in [7, 11) is 0. The van der Waals surface area contributed by atoms with E-state index < -0.39 is 5.60 Å². The fourth-order valence-corrected chi connectivity index (χ4v) is 2.37. The van der Waals surface area contributed by atoms with Crippen molar-refractivity contribution in [3.05, 3.63) is 30.1 Å². The maximum atomic E-state index is 12.3. The van der Waals surface area contributed by atoms with Gasteiger partial charge in [0.1, 0.15) is 0 Å². The topological polar surface area (TPSA) is 69.2 Å². The Labute approximate surface area is 104 Å². The fourth-order valence-electron chi connectivity index (χ4n) is 2.37. The lowest BCUT2D eigenvalue weighted by Gasteiger charge is -2.19. The van der Waals surface area contributed by atoms with E-state index in [1.165, 1.54) is 0 Å². The molecule has 2 N–H and O–H groups in total. The Kier molecular flexibility index (Phi) is 2.38. The van der Waals surface area contributed by atoms with Crippen LogP contribution in [-0.4, -0.2) is 44.6 Å². The maximum Gasteiger partial charge on any atom is 0.254 e. The van der Waals surface area contributed by atoms with E-state index in [1.807, 2.05) is 6.07 Å². The van der Waals surface area contributed by atoms with Crippen molar-refractivity contribution >= 4 is 16.9 Å². The number of H-pyrrole nitrogens is 1. The van der Waals surface area contributed by atoms with E-state index in [-0.39, 0.29) is 5.91 Å². The molecule has 1 aliphatic heterocycles. The fraction of sp³-hybridized carbons (Fsp3) is 0.385. The molecule has 5 heteroatoms. The van der Waals surface area contributed by atoms with Crippen molar-refractivity contribution in [1.82, 2.24) is 14.9 Å². The summed E-state index contributed by atoms with van der Waals surface area (Å²) in [5.74, 6) is -0.0377. The lowest BCUT2D eigenvalue weighted by atomic mass is 10.1. The van der Waals surface area contributed by atoms with Gasteiger partial charge in [-0.15, -0.1) is 0 Å². The average molecular weight is 245 g/mol. The molecule has 2 heterocycles. The molecule has 3 rings (SSSR count). The average Bonchev–Trinajstić information content (AvgIpc) is 2.93. The van der Waals surface area contributed by atoms with Gasteiger partial charge in [0.25, 0.3) is 5.91 Å². The molecule has 94 valence electrons. The van der Waals surface area contributed by atoms with E-state index in [0.29, 0.717) is 25.1 Å². The number of β-amino-alcohol motifs (C(OH)–C–C–N with tert-alkyl or cyclic N) is 1. The Hall–Kier alpha value is -1.88. The number of carbonyl (C=O) groups is 1. The number of hydrogen-bond acceptors (Lipinski definition) is 3. The molecule has 1 amide bonds. The van der Waals surface area contributed by atoms with Gasteiger partial charge in [-0.2, -0.15) is 0 Å². The number of aliphatic hydroxyl groups is 1. The third-order valence-corrected chi connectivity index (χ3v) is 3.41. The van der Waals surface area contributed by atoms with E-state index in [0.717, 1.165) is 11.0 Å². The number of carbonyl (C=O) groups excluding carboxylic acids is 1. The van der Waals surface area contributed by atoms with E-state index in [4.69, 9.17) is 0 Å². The molecule has 5 nitrogen and oxygen atoms in total. The first-order valence-corrected chi connectivity index (χ1v) is 6.00. The number of imidazole rings is 1. The number of aromatic amines is 1. The number of likely N-dealkylation sites (tertiary alicyclic amines) is 1. The summed E-state index contributed by atoms with van der Waals surface area (Å²) in [5.41, 5.74) is 1.57. The van der Waals surface area contributed by atoms with Crippen LogP contribution in [0.3, 0.4) is 0 Å². The SMILES string of the molecule is CC1(O)CCN(C(=O)c2ccc3nc[nH]c3c2)C1. The van der Waals surface area contributed by atoms with Gasteiger partial charge in [0.2, 0.25) is 0 Å². The predicted octanol–water partition coefficient (Wildman–Crippen LogP) is 1.16. The van der Waals surface area contributed by atoms with Crippen LogP contribution in [0.4, 0.5) is 0 Å². The predicted molar refractivity (Wildman–Crippen MR) is 67.2 cm³/mol. The number of benzene rings is 1. The standard InChI is InChI=1S/C13H15N3O2/c1-13(18)4-5-16(7-13)12(17)9-2-3-10-11(6-9)15-8-14-10/h2-3,6,8,18H,4-5,7H2,1H3,(H,14,15). The molecule has 1 atom stereocenters. The molecule has 1 fully saturated rings. The van der Waals surface area contributed by atoms with Crippen molar-refractivity contribution in [2.24, 2.45) is 0 Å². The van der Waals surface area contributed by atoms with E-state index in [1.54, 1.807) is 30.3 Å². The van der Waals surface area contributed by atoms with Crippen LogP contribution in [-0.2, 0) is 0 Å². The summed E-state index contributed by atoms with van der Waals surface area (Å²) in [4.78, 5) is 21.1. The number of aromatic nitrogens is 2. The molecule has 1 unspecified atom stereocenters. The number of nitrogens with zero attached hydrogens (tertiary/aromatic N) is 2. The number of hydrogen-bond donors (Lipinski definition) is 2. The van der Waals surface area contributed by atoms with Gasteiger partial charge in [0.05, 0.1) is 23.0 Å². The largest absolute Gasteiger partial charge is 0.388 e. The van der Waals surface area contributed by atoms with Gasteiger partial charge in [-0.3, -0.25) is 4.79 Å². The Morgan fingerprint density at radius 2 is 2.39 bits per heavy atom. The highest BCUT2D eigenvalue weighted by Crippen LogP contribution is 2.22. The van der Waals surface area contributed by atoms with Crippen LogP contribution in [0.1, 0.15) is 23.7 Å². The molecule has 1 saturated heterocycles. The van der Waals surface area contributed by atoms with E-state index in [2.05, 4.69) is 9.97 Å². The first kappa shape index (κ1) is 11.2. The molecule has 0 radical (unpaired) electrons. The summed E-state index contributed by atoms with van der Waals surface area (Å²) < 4.78 is 0. The summed E-state index contributed by atoms with van der Waals surface area (Å²) in [6.07, 6.45) is 2.24. The molecule has 0 saturated carbocycles. The second-order valence-corrected chi connectivity index (χ2v) is 5.11. The van der Waals surface area contributed by atoms with Gasteiger partial charge in [-0.25, -0.2) is 4.98 Å². The Bertz CT molecular complexity index is 603. The minimum atomic E-state index is -0.756. The van der Waals surface area contributed by atoms with Crippen molar-refractivity contribution < 1.29 is 9.90 Å². The number of fused-ring (bicyclic) bond motifs is 1. The number of nitrogens with one attached hydrogen (secondary N) is 1. The van der Waals surface area contributed by atoms with Crippen LogP contribution < -0.4 is 0 Å². The molecular weight excluding hydrogens is 230 g/mol. The van der Waals surface area contributed by atoms with Gasteiger partial charge in [0, 0.05) is 18.7 Å². The highest BCUT2D eigenvalue weighted by molar-refractivity contribution is 5.97. The first-order chi connectivity index (χ1) is 8.55. The normalized spacial score (nSPS) is 23.8. The van der Waals surface area contributed by atoms with Crippen molar-refractivity contribution in [2.75, 3.05) is 13.1 Å². The Balaban J connectivity index is 1.88. The summed E-state index contributed by atoms with van der Waals surface area (Å²) in [6, 6.07) is 5.41. The van der Waals surface area contributed by atoms with Crippen molar-refractivity contribution in [1.29, 1.82) is 0 Å². The molecule has 18 heavy (non-hydrogen) atoms. The molecule has 1 aromatic carbocycles. The van der Waals surface area contributed by atoms with Crippen LogP contribution in [0.5, 0.6) is 0 Å². The van der Waals surface area contributed by atoms with Gasteiger partial charge in [-0.05, 0) is 31.5 Å². The van der Waals surface area contributed by atoms with Crippen LogP contribution in [0.15, 0.2) is 24.5 Å². The molecule has 1 aliphatic rings. The minimum absolute atomic E-state index is 0.0377. The Morgan fingerprint density at radius 1 is 1.56 bits per heavy atom. The van der Waals surface area contributed by atoms with Crippen molar-refractivity contribution in [2.45, 2.75) is 18.9 Å². The zero-order valence-corrected chi connectivity index (χ0v) is 10.2. The monoisotopic (exact) mass is 245 g/mol. The molecule has 0 aliphatic carbocycles. The third kappa shape index (κ3) is 1.86. The lowest BCUT2D eigenvalue weighted by molar-refractivity contribution is 0.0572. The van der Waals surface area contributed by atoms with Crippen LogP contribution in [0.2, 0.25) is 0 Å². The number of amides is 1. The second-order valence-electron chi connectivity index (χ2n) is 5.11. The number of rotatable bonds is 1. The second kappa shape index (κ2) is 3.81. The first-order valence-electron chi connectivity index (χ1n) is 6.00. The van der Waals surface area contributed by atoms with E-state index in [9.17, 15) is 9.90 Å². The van der Waals surface area contributed by atoms with Crippen LogP contribution in [0.25, 0.3) is 11.0 Å². The van der Waals surface area contributed by atoms with Crippen LogP contribution in [0, 0.1) is 0 Å². The third-order valence-electron chi connectivity index (χ3n) is 3.41. The molecule has 0 bridgehead atoms. The van der Waals surface area contributed by atoms with Gasteiger partial charge in [-0.1, -0.05) is 0 Å². The molecule has 2 aromatic rings. The van der Waals surface area contributed by atoms with Crippen molar-refractivity contribution in [3.8, 4) is 0 Å². The zero-order valence-electron chi connectivity index (χ0n) is 10.2. The van der Waals surface area contributed by atoms with Crippen LogP contribution >= 0.6 is 0 Å². The zero-order chi connectivity index (χ0) is 12.8. The quantitative estimate of drug-likeness (QED) is 0.792. The Morgan fingerprint density at radius 3 is 3.11 bits per heavy atom. The smallest absolute Gasteiger partial charge is 0.254 e. The minimum Gasteiger partial charge on any atom is -0.388 e. The molecule has 0 spiro atoms. The van der Waals surface area contributed by atoms with Gasteiger partial charge in [0.15, 0.2) is 0 Å². The lowest BCUT2D eigenvalue weighted by Crippen LogP contribution is -2.33. The summed E-state index contributed by atoms with van der Waals surface area (Å²) >= 11 is 0. The van der Waals surface area contributed by atoms with Gasteiger partial charge < -0.3 is 15.0 Å². The maximum absolute atomic E-state index is 12.3. The molecule has 1 aromatic heterocycles. The highest BCUT2D eigenvalue weighted by Gasteiger charge is 2.34. The summed E-state index contributed by atoms with van der Waals surface area (Å²) in [6.45, 7) is 2.76. The van der Waals surface area contributed by atoms with Crippen molar-refractivity contribution in [3.63, 3.8) is 0 Å². The summed E-state index contributed by atoms with van der Waals surface area (Å²) in [5, 5.41) is 9.89. The van der Waals surface area contributed by atoms with Gasteiger partial charge >= 0.3 is 0 Å². The molecular formula is C13H15N3O2. The van der Waals surface area contributed by atoms with E-state index >= 15 is 0 Å².